The number of rotatable bonds is 5. The number of nitrogens with zero attached hydrogens (tertiary/aromatic N) is 3. The fourth-order valence-corrected chi connectivity index (χ4v) is 4.91. The highest BCUT2D eigenvalue weighted by atomic mass is 19.1. The zero-order valence-corrected chi connectivity index (χ0v) is 21.0. The van der Waals surface area contributed by atoms with Gasteiger partial charge in [-0.05, 0) is 54.8 Å². The molecule has 3 heterocycles. The lowest BCUT2D eigenvalue weighted by molar-refractivity contribution is -0.141. The lowest BCUT2D eigenvalue weighted by Gasteiger charge is -2.37. The van der Waals surface area contributed by atoms with E-state index in [9.17, 15) is 9.59 Å². The lowest BCUT2D eigenvalue weighted by Crippen LogP contribution is -2.51. The Morgan fingerprint density at radius 1 is 1.05 bits per heavy atom. The number of nitrogen functional groups attached to an aromatic ring is 1. The van der Waals surface area contributed by atoms with Gasteiger partial charge in [-0.15, -0.1) is 0 Å². The van der Waals surface area contributed by atoms with Crippen molar-refractivity contribution in [2.45, 2.75) is 19.4 Å². The second-order valence-electron chi connectivity index (χ2n) is 9.39. The molecule has 1 fully saturated rings. The summed E-state index contributed by atoms with van der Waals surface area (Å²) in [5, 5.41) is 2.74. The van der Waals surface area contributed by atoms with Crippen molar-refractivity contribution in [3.05, 3.63) is 65.6 Å². The maximum Gasteiger partial charge on any atom is 0.251 e. The summed E-state index contributed by atoms with van der Waals surface area (Å²) in [6.45, 7) is 5.06. The molecular weight excluding hydrogens is 473 g/mol. The Balaban J connectivity index is 1.35. The molecule has 2 aliphatic heterocycles. The summed E-state index contributed by atoms with van der Waals surface area (Å²) in [6.07, 6.45) is 1.88. The van der Waals surface area contributed by atoms with Gasteiger partial charge >= 0.3 is 0 Å². The van der Waals surface area contributed by atoms with Crippen LogP contribution in [0.2, 0.25) is 0 Å². The zero-order valence-electron chi connectivity index (χ0n) is 21.0. The number of ether oxygens (including phenoxy) is 1. The molecule has 2 amide bonds. The molecule has 3 aromatic rings. The minimum Gasteiger partial charge on any atom is -0.383 e. The monoisotopic (exact) mass is 503 g/mol. The van der Waals surface area contributed by atoms with Gasteiger partial charge in [0.1, 0.15) is 17.7 Å². The molecule has 1 saturated heterocycles. The van der Waals surface area contributed by atoms with Crippen LogP contribution in [0.25, 0.3) is 22.3 Å². The normalized spacial score (nSPS) is 16.2. The van der Waals surface area contributed by atoms with Crippen LogP contribution in [0, 0.1) is 5.82 Å². The van der Waals surface area contributed by atoms with Crippen molar-refractivity contribution >= 4 is 23.3 Å². The summed E-state index contributed by atoms with van der Waals surface area (Å²) in [5.74, 6) is -0.518. The van der Waals surface area contributed by atoms with Gasteiger partial charge < -0.3 is 25.6 Å². The van der Waals surface area contributed by atoms with Crippen molar-refractivity contribution in [1.82, 2.24) is 15.2 Å². The van der Waals surface area contributed by atoms with Gasteiger partial charge in [-0.25, -0.2) is 9.37 Å². The average Bonchev–Trinajstić information content (AvgIpc) is 2.93. The van der Waals surface area contributed by atoms with Gasteiger partial charge in [0.05, 0.1) is 0 Å². The van der Waals surface area contributed by atoms with E-state index in [-0.39, 0.29) is 17.6 Å². The minimum atomic E-state index is -0.505. The maximum absolute atomic E-state index is 15.1. The van der Waals surface area contributed by atoms with E-state index in [4.69, 9.17) is 10.5 Å². The van der Waals surface area contributed by atoms with Crippen molar-refractivity contribution in [2.24, 2.45) is 0 Å². The number of nitrogens with two attached hydrogens (primary N) is 1. The number of hydrogen-bond donors (Lipinski definition) is 2. The second kappa shape index (κ2) is 10.2. The van der Waals surface area contributed by atoms with Crippen LogP contribution in [0.1, 0.15) is 22.8 Å². The summed E-state index contributed by atoms with van der Waals surface area (Å²) in [4.78, 5) is 32.9. The van der Waals surface area contributed by atoms with Crippen LogP contribution < -0.4 is 16.0 Å². The summed E-state index contributed by atoms with van der Waals surface area (Å²) in [5.41, 5.74) is 11.0. The highest BCUT2D eigenvalue weighted by Gasteiger charge is 2.25. The average molecular weight is 504 g/mol. The number of piperazine rings is 1. The van der Waals surface area contributed by atoms with E-state index in [0.717, 1.165) is 35.5 Å². The van der Waals surface area contributed by atoms with Crippen molar-refractivity contribution in [1.29, 1.82) is 0 Å². The van der Waals surface area contributed by atoms with Gasteiger partial charge in [0.2, 0.25) is 0 Å². The minimum absolute atomic E-state index is 0.0165. The van der Waals surface area contributed by atoms with E-state index in [1.165, 1.54) is 6.07 Å². The van der Waals surface area contributed by atoms with E-state index in [1.54, 1.807) is 26.3 Å². The highest BCUT2D eigenvalue weighted by molar-refractivity contribution is 5.97. The number of anilines is 2. The smallest absolute Gasteiger partial charge is 0.251 e. The molecule has 3 N–H and O–H groups in total. The van der Waals surface area contributed by atoms with Crippen molar-refractivity contribution in [3.8, 4) is 22.3 Å². The predicted octanol–water partition coefficient (Wildman–Crippen LogP) is 3.11. The third kappa shape index (κ3) is 4.86. The first-order chi connectivity index (χ1) is 17.9. The van der Waals surface area contributed by atoms with E-state index in [1.807, 2.05) is 35.2 Å². The molecule has 1 atom stereocenters. The Morgan fingerprint density at radius 2 is 1.78 bits per heavy atom. The Labute approximate surface area is 215 Å². The molecule has 0 radical (unpaired) electrons. The van der Waals surface area contributed by atoms with Crippen LogP contribution in [0.15, 0.2) is 48.7 Å². The summed E-state index contributed by atoms with van der Waals surface area (Å²) < 4.78 is 20.2. The number of methoxy groups -OCH3 is 1. The second-order valence-corrected chi connectivity index (χ2v) is 9.39. The van der Waals surface area contributed by atoms with Gasteiger partial charge in [-0.3, -0.25) is 9.59 Å². The van der Waals surface area contributed by atoms with Gasteiger partial charge in [0, 0.05) is 74.0 Å². The van der Waals surface area contributed by atoms with Gasteiger partial charge in [-0.2, -0.15) is 0 Å². The molecule has 2 aromatic carbocycles. The van der Waals surface area contributed by atoms with Crippen LogP contribution in [-0.4, -0.2) is 67.6 Å². The third-order valence-corrected chi connectivity index (χ3v) is 7.18. The molecule has 0 aliphatic carbocycles. The molecule has 192 valence electrons. The Bertz CT molecular complexity index is 1340. The number of pyridine rings is 1. The van der Waals surface area contributed by atoms with Gasteiger partial charge in [-0.1, -0.05) is 12.1 Å². The third-order valence-electron chi connectivity index (χ3n) is 7.18. The summed E-state index contributed by atoms with van der Waals surface area (Å²) in [7, 11) is 1.54. The summed E-state index contributed by atoms with van der Waals surface area (Å²) in [6, 6.07) is 12.9. The first-order valence-corrected chi connectivity index (χ1v) is 12.4. The zero-order chi connectivity index (χ0) is 26.1. The first kappa shape index (κ1) is 24.7. The number of halogens is 1. The SMILES string of the molecule is CO[C@H](C)C(=O)N1CCN(c2ccc(-c3cnc(N)c(-c4cc5c(cc4F)C(=O)NCC5)c3)cc2)CC1. The van der Waals surface area contributed by atoms with Crippen LogP contribution in [0.3, 0.4) is 0 Å². The highest BCUT2D eigenvalue weighted by Crippen LogP contribution is 2.34. The topological polar surface area (TPSA) is 101 Å². The Morgan fingerprint density at radius 3 is 2.49 bits per heavy atom. The van der Waals surface area contributed by atoms with E-state index >= 15 is 4.39 Å². The lowest BCUT2D eigenvalue weighted by atomic mass is 9.93. The molecular formula is C28H30FN5O3. The van der Waals surface area contributed by atoms with Crippen molar-refractivity contribution in [3.63, 3.8) is 0 Å². The molecule has 2 aliphatic rings. The molecule has 0 saturated carbocycles. The predicted molar refractivity (Wildman–Crippen MR) is 141 cm³/mol. The number of carbonyl (C=O) groups is 2. The Kier molecular flexibility index (Phi) is 6.80. The number of benzene rings is 2. The van der Waals surface area contributed by atoms with Crippen LogP contribution in [0.5, 0.6) is 0 Å². The molecule has 1 aromatic heterocycles. The fraction of sp³-hybridized carbons (Fsp3) is 0.321. The van der Waals surface area contributed by atoms with Gasteiger partial charge in [0.15, 0.2) is 0 Å². The molecule has 9 heteroatoms. The van der Waals surface area contributed by atoms with E-state index in [0.29, 0.717) is 42.7 Å². The number of amides is 2. The number of carbonyl (C=O) groups excluding carboxylic acids is 2. The number of fused-ring (bicyclic) bond motifs is 1. The van der Waals surface area contributed by atoms with E-state index in [2.05, 4.69) is 15.2 Å². The molecule has 5 rings (SSSR count). The molecule has 0 bridgehead atoms. The van der Waals surface area contributed by atoms with Crippen LogP contribution in [0.4, 0.5) is 15.9 Å². The molecule has 8 nitrogen and oxygen atoms in total. The van der Waals surface area contributed by atoms with Crippen molar-refractivity contribution in [2.75, 3.05) is 50.5 Å². The maximum atomic E-state index is 15.1. The van der Waals surface area contributed by atoms with Crippen LogP contribution >= 0.6 is 0 Å². The summed E-state index contributed by atoms with van der Waals surface area (Å²) >= 11 is 0. The molecule has 0 spiro atoms. The Hall–Kier alpha value is -3.98. The number of aromatic nitrogens is 1. The van der Waals surface area contributed by atoms with Gasteiger partial charge in [0.25, 0.3) is 11.8 Å². The fourth-order valence-electron chi connectivity index (χ4n) is 4.91. The quantitative estimate of drug-likeness (QED) is 0.555. The van der Waals surface area contributed by atoms with E-state index < -0.39 is 11.9 Å². The number of nitrogens with one attached hydrogen (secondary N) is 1. The standard InChI is InChI=1S/C28H30FN5O3/c1-17(37-2)28(36)34-11-9-33(10-12-34)21-5-3-18(4-6-21)20-14-24(26(30)32-16-20)23-13-19-7-8-31-27(35)22(19)15-25(23)29/h3-6,13-17H,7-12H2,1-2H3,(H2,30,32)(H,31,35)/t17-/m1/s1. The largest absolute Gasteiger partial charge is 0.383 e. The van der Waals surface area contributed by atoms with Crippen molar-refractivity contribution < 1.29 is 18.7 Å². The van der Waals surface area contributed by atoms with Crippen LogP contribution in [-0.2, 0) is 16.0 Å². The first-order valence-electron chi connectivity index (χ1n) is 12.4. The molecule has 0 unspecified atom stereocenters. The molecule has 37 heavy (non-hydrogen) atoms. The number of hydrogen-bond acceptors (Lipinski definition) is 6.